The van der Waals surface area contributed by atoms with Crippen molar-refractivity contribution in [1.29, 1.82) is 0 Å². The summed E-state index contributed by atoms with van der Waals surface area (Å²) in [7, 11) is 0. The molecule has 2 rings (SSSR count). The van der Waals surface area contributed by atoms with Gasteiger partial charge in [-0.15, -0.1) is 0 Å². The Morgan fingerprint density at radius 3 is 1.68 bits per heavy atom. The molecular formula is C17H34N2. The van der Waals surface area contributed by atoms with E-state index in [9.17, 15) is 0 Å². The first kappa shape index (κ1) is 15.3. The molecule has 19 heavy (non-hydrogen) atoms. The van der Waals surface area contributed by atoms with E-state index in [1.165, 1.54) is 39.0 Å². The third kappa shape index (κ3) is 3.00. The predicted molar refractivity (Wildman–Crippen MR) is 82.9 cm³/mol. The highest BCUT2D eigenvalue weighted by Gasteiger charge is 2.44. The van der Waals surface area contributed by atoms with Gasteiger partial charge in [-0.05, 0) is 35.0 Å². The van der Waals surface area contributed by atoms with Crippen molar-refractivity contribution in [1.82, 2.24) is 10.0 Å². The molecule has 0 aliphatic carbocycles. The molecule has 0 spiro atoms. The van der Waals surface area contributed by atoms with Crippen LogP contribution in [0.2, 0.25) is 0 Å². The molecule has 2 aliphatic heterocycles. The lowest BCUT2D eigenvalue weighted by Gasteiger charge is -2.55. The summed E-state index contributed by atoms with van der Waals surface area (Å²) in [6.07, 6.45) is 2.68. The van der Waals surface area contributed by atoms with Crippen molar-refractivity contribution in [2.24, 2.45) is 22.2 Å². The van der Waals surface area contributed by atoms with E-state index in [1.54, 1.807) is 0 Å². The highest BCUT2D eigenvalue weighted by Crippen LogP contribution is 2.47. The number of hydrogen-bond donors (Lipinski definition) is 0. The Kier molecular flexibility index (Phi) is 3.81. The van der Waals surface area contributed by atoms with E-state index >= 15 is 0 Å². The Balaban J connectivity index is 1.83. The summed E-state index contributed by atoms with van der Waals surface area (Å²) in [5.74, 6) is 0.878. The summed E-state index contributed by atoms with van der Waals surface area (Å²) < 4.78 is 0. The summed E-state index contributed by atoms with van der Waals surface area (Å²) in [6, 6.07) is 0. The lowest BCUT2D eigenvalue weighted by atomic mass is 9.63. The van der Waals surface area contributed by atoms with Crippen LogP contribution in [-0.2, 0) is 0 Å². The third-order valence-corrected chi connectivity index (χ3v) is 6.14. The molecular weight excluding hydrogens is 232 g/mol. The molecule has 2 aliphatic rings. The second kappa shape index (κ2) is 4.73. The van der Waals surface area contributed by atoms with Gasteiger partial charge in [0.25, 0.3) is 0 Å². The molecule has 0 saturated carbocycles. The molecule has 0 aromatic carbocycles. The van der Waals surface area contributed by atoms with Gasteiger partial charge in [0.1, 0.15) is 0 Å². The Bertz CT molecular complexity index is 307. The maximum absolute atomic E-state index is 2.62. The van der Waals surface area contributed by atoms with Crippen LogP contribution in [0.1, 0.15) is 61.3 Å². The maximum Gasteiger partial charge on any atom is 0.0179 e. The molecule has 0 radical (unpaired) electrons. The number of hydrogen-bond acceptors (Lipinski definition) is 2. The van der Waals surface area contributed by atoms with Crippen molar-refractivity contribution in [3.63, 3.8) is 0 Å². The van der Waals surface area contributed by atoms with Gasteiger partial charge in [-0.2, -0.15) is 0 Å². The van der Waals surface area contributed by atoms with Gasteiger partial charge < -0.3 is 0 Å². The van der Waals surface area contributed by atoms with E-state index < -0.39 is 0 Å². The molecule has 0 bridgehead atoms. The topological polar surface area (TPSA) is 6.48 Å². The van der Waals surface area contributed by atoms with E-state index in [2.05, 4.69) is 58.5 Å². The largest absolute Gasteiger partial charge is 0.242 e. The van der Waals surface area contributed by atoms with Crippen LogP contribution < -0.4 is 0 Å². The molecule has 112 valence electrons. The number of piperidine rings is 1. The molecule has 0 aromatic heterocycles. The minimum atomic E-state index is 0.433. The summed E-state index contributed by atoms with van der Waals surface area (Å²) >= 11 is 0. The first-order chi connectivity index (χ1) is 8.53. The minimum absolute atomic E-state index is 0.433. The molecule has 0 unspecified atom stereocenters. The van der Waals surface area contributed by atoms with Gasteiger partial charge in [0.05, 0.1) is 0 Å². The van der Waals surface area contributed by atoms with E-state index in [0.29, 0.717) is 16.2 Å². The van der Waals surface area contributed by atoms with Crippen molar-refractivity contribution in [3.8, 4) is 0 Å². The van der Waals surface area contributed by atoms with Crippen molar-refractivity contribution in [2.75, 3.05) is 26.2 Å². The van der Waals surface area contributed by atoms with Gasteiger partial charge >= 0.3 is 0 Å². The Morgan fingerprint density at radius 1 is 0.842 bits per heavy atom. The number of rotatable bonds is 1. The van der Waals surface area contributed by atoms with Crippen LogP contribution in [0.25, 0.3) is 0 Å². The molecule has 2 saturated heterocycles. The smallest absolute Gasteiger partial charge is 0.0179 e. The predicted octanol–water partition coefficient (Wildman–Crippen LogP) is 4.03. The first-order valence-electron chi connectivity index (χ1n) is 8.03. The standard InChI is InChI=1S/C17H34N2/c1-15(2,3)14-12-19(13-14)18-10-8-17(7,9-11-18)16(4,5)6/h14H,8-13H2,1-7H3. The summed E-state index contributed by atoms with van der Waals surface area (Å²) in [6.45, 7) is 21.9. The molecule has 0 N–H and O–H groups in total. The second-order valence-electron chi connectivity index (χ2n) is 9.20. The first-order valence-corrected chi connectivity index (χ1v) is 8.03. The van der Waals surface area contributed by atoms with Crippen molar-refractivity contribution in [2.45, 2.75) is 61.3 Å². The molecule has 0 aromatic rings. The average Bonchev–Trinajstić information content (AvgIpc) is 2.15. The van der Waals surface area contributed by atoms with Crippen LogP contribution in [-0.4, -0.2) is 36.2 Å². The van der Waals surface area contributed by atoms with Crippen LogP contribution in [0.5, 0.6) is 0 Å². The highest BCUT2D eigenvalue weighted by molar-refractivity contribution is 4.93. The van der Waals surface area contributed by atoms with Gasteiger partial charge in [-0.1, -0.05) is 48.5 Å². The van der Waals surface area contributed by atoms with Crippen LogP contribution in [0.3, 0.4) is 0 Å². The summed E-state index contributed by atoms with van der Waals surface area (Å²) in [5.41, 5.74) is 1.42. The number of nitrogens with zero attached hydrogens (tertiary/aromatic N) is 2. The average molecular weight is 266 g/mol. The Morgan fingerprint density at radius 2 is 1.32 bits per heavy atom. The quantitative estimate of drug-likeness (QED) is 0.707. The zero-order valence-electron chi connectivity index (χ0n) is 14.2. The highest BCUT2D eigenvalue weighted by atomic mass is 15.6. The molecule has 2 heterocycles. The normalized spacial score (nSPS) is 27.3. The Labute approximate surface area is 120 Å². The van der Waals surface area contributed by atoms with E-state index in [1.807, 2.05) is 0 Å². The molecule has 0 atom stereocenters. The molecule has 2 nitrogen and oxygen atoms in total. The minimum Gasteiger partial charge on any atom is -0.242 e. The van der Waals surface area contributed by atoms with Gasteiger partial charge in [0.15, 0.2) is 0 Å². The zero-order valence-corrected chi connectivity index (χ0v) is 14.2. The second-order valence-corrected chi connectivity index (χ2v) is 9.20. The monoisotopic (exact) mass is 266 g/mol. The van der Waals surface area contributed by atoms with Gasteiger partial charge in [-0.25, -0.2) is 10.0 Å². The SMILES string of the molecule is CC(C)(C)C1CN(N2CCC(C)(C(C)(C)C)CC2)C1. The lowest BCUT2D eigenvalue weighted by Crippen LogP contribution is -2.62. The van der Waals surface area contributed by atoms with Crippen molar-refractivity contribution < 1.29 is 0 Å². The lowest BCUT2D eigenvalue weighted by molar-refractivity contribution is -0.158. The van der Waals surface area contributed by atoms with E-state index in [-0.39, 0.29) is 0 Å². The Hall–Kier alpha value is -0.0800. The third-order valence-electron chi connectivity index (χ3n) is 6.14. The van der Waals surface area contributed by atoms with Gasteiger partial charge in [-0.3, -0.25) is 0 Å². The van der Waals surface area contributed by atoms with Gasteiger partial charge in [0.2, 0.25) is 0 Å². The van der Waals surface area contributed by atoms with Crippen LogP contribution in [0.4, 0.5) is 0 Å². The molecule has 2 fully saturated rings. The van der Waals surface area contributed by atoms with Crippen molar-refractivity contribution in [3.05, 3.63) is 0 Å². The fourth-order valence-corrected chi connectivity index (χ4v) is 3.26. The fraction of sp³-hybridized carbons (Fsp3) is 1.00. The van der Waals surface area contributed by atoms with E-state index in [4.69, 9.17) is 0 Å². The van der Waals surface area contributed by atoms with E-state index in [0.717, 1.165) is 5.92 Å². The summed E-state index contributed by atoms with van der Waals surface area (Å²) in [4.78, 5) is 0. The molecule has 0 amide bonds. The van der Waals surface area contributed by atoms with Crippen LogP contribution >= 0.6 is 0 Å². The number of hydrazine groups is 1. The van der Waals surface area contributed by atoms with Gasteiger partial charge in [0, 0.05) is 26.2 Å². The fourth-order valence-electron chi connectivity index (χ4n) is 3.26. The summed E-state index contributed by atoms with van der Waals surface area (Å²) in [5, 5.41) is 5.22. The maximum atomic E-state index is 2.62. The van der Waals surface area contributed by atoms with Crippen molar-refractivity contribution >= 4 is 0 Å². The van der Waals surface area contributed by atoms with Crippen LogP contribution in [0.15, 0.2) is 0 Å². The molecule has 2 heteroatoms. The van der Waals surface area contributed by atoms with Crippen LogP contribution in [0, 0.1) is 22.2 Å². The zero-order chi connectivity index (χ0) is 14.5.